The topological polar surface area (TPSA) is 37.3 Å². The number of carboxylic acids is 1. The monoisotopic (exact) mass is 450 g/mol. The maximum absolute atomic E-state index is 10.5. The molecule has 0 amide bonds. The molecular weight excluding hydrogens is 412 g/mol. The van der Waals surface area contributed by atoms with E-state index >= 15 is 0 Å². The molecule has 2 nitrogen and oxygen atoms in total. The summed E-state index contributed by atoms with van der Waals surface area (Å²) in [5.74, 6) is 1.65. The smallest absolute Gasteiger partial charge is 0.328 e. The summed E-state index contributed by atoms with van der Waals surface area (Å²) in [7, 11) is 0. The Morgan fingerprint density at radius 2 is 1.30 bits per heavy atom. The first-order valence-electron chi connectivity index (χ1n) is 9.21. The van der Waals surface area contributed by atoms with Crippen LogP contribution in [0.15, 0.2) is 11.6 Å². The predicted octanol–water partition coefficient (Wildman–Crippen LogP) is 6.46. The fraction of sp³-hybridized carbons (Fsp3) is 0.850. The summed E-state index contributed by atoms with van der Waals surface area (Å²) in [6.45, 7) is 11.3. The molecule has 0 aliphatic carbocycles. The summed E-state index contributed by atoms with van der Waals surface area (Å²) >= 11 is 0. The fourth-order valence-corrected chi connectivity index (χ4v) is 2.99. The van der Waals surface area contributed by atoms with Crippen molar-refractivity contribution in [2.45, 2.75) is 92.4 Å². The van der Waals surface area contributed by atoms with E-state index in [0.29, 0.717) is 0 Å². The fourth-order valence-electron chi connectivity index (χ4n) is 2.99. The molecule has 0 aromatic heterocycles. The molecule has 0 saturated carbocycles. The third-order valence-corrected chi connectivity index (χ3v) is 4.51. The van der Waals surface area contributed by atoms with Crippen molar-refractivity contribution in [3.05, 3.63) is 11.6 Å². The van der Waals surface area contributed by atoms with Gasteiger partial charge in [0.1, 0.15) is 0 Å². The second-order valence-corrected chi connectivity index (χ2v) is 7.69. The van der Waals surface area contributed by atoms with E-state index in [4.69, 9.17) is 5.11 Å². The maximum atomic E-state index is 10.5. The van der Waals surface area contributed by atoms with Crippen molar-refractivity contribution in [2.24, 2.45) is 17.8 Å². The van der Waals surface area contributed by atoms with Crippen molar-refractivity contribution in [3.8, 4) is 0 Å². The van der Waals surface area contributed by atoms with Gasteiger partial charge in [-0.1, -0.05) is 78.2 Å². The van der Waals surface area contributed by atoms with Crippen LogP contribution in [0.2, 0.25) is 0 Å². The van der Waals surface area contributed by atoms with E-state index in [1.807, 2.05) is 6.92 Å². The molecule has 0 aromatic rings. The molecule has 23 heavy (non-hydrogen) atoms. The molecular formula is C20H38CeO2. The van der Waals surface area contributed by atoms with Crippen LogP contribution < -0.4 is 0 Å². The molecule has 134 valence electrons. The third kappa shape index (κ3) is 18.8. The van der Waals surface area contributed by atoms with Gasteiger partial charge in [-0.2, -0.15) is 0 Å². The van der Waals surface area contributed by atoms with Gasteiger partial charge in [0, 0.05) is 47.8 Å². The molecule has 0 rings (SSSR count). The van der Waals surface area contributed by atoms with E-state index in [2.05, 4.69) is 27.7 Å². The minimum Gasteiger partial charge on any atom is -0.478 e. The van der Waals surface area contributed by atoms with Crippen LogP contribution in [-0.2, 0) is 4.79 Å². The Morgan fingerprint density at radius 3 is 1.74 bits per heavy atom. The van der Waals surface area contributed by atoms with Gasteiger partial charge in [0.2, 0.25) is 0 Å². The van der Waals surface area contributed by atoms with Crippen LogP contribution in [0.4, 0.5) is 0 Å². The summed E-state index contributed by atoms with van der Waals surface area (Å²) in [5, 5.41) is 8.68. The Kier molecular flexibility index (Phi) is 18.0. The number of hydrogen-bond donors (Lipinski definition) is 1. The number of carbonyl (C=O) groups is 1. The molecule has 0 unspecified atom stereocenters. The Hall–Kier alpha value is 0.587. The van der Waals surface area contributed by atoms with Gasteiger partial charge >= 0.3 is 5.97 Å². The van der Waals surface area contributed by atoms with Gasteiger partial charge in [0.15, 0.2) is 0 Å². The Balaban J connectivity index is 0. The summed E-state index contributed by atoms with van der Waals surface area (Å²) in [5.41, 5.74) is 0.985. The molecule has 0 aromatic carbocycles. The van der Waals surface area contributed by atoms with Crippen LogP contribution in [0.3, 0.4) is 0 Å². The minimum absolute atomic E-state index is 0. The molecule has 1 N–H and O–H groups in total. The van der Waals surface area contributed by atoms with E-state index in [0.717, 1.165) is 36.2 Å². The molecule has 0 saturated heterocycles. The van der Waals surface area contributed by atoms with Crippen LogP contribution in [-0.4, -0.2) is 11.1 Å². The number of rotatable bonds is 13. The van der Waals surface area contributed by atoms with Crippen LogP contribution in [0.1, 0.15) is 92.4 Å². The predicted molar refractivity (Wildman–Crippen MR) is 96.1 cm³/mol. The van der Waals surface area contributed by atoms with Crippen molar-refractivity contribution in [2.75, 3.05) is 0 Å². The average molecular weight is 451 g/mol. The second-order valence-electron chi connectivity index (χ2n) is 7.69. The van der Waals surface area contributed by atoms with Gasteiger partial charge in [-0.3, -0.25) is 0 Å². The molecule has 0 radical (unpaired) electrons. The normalized spacial score (nSPS) is 14.4. The van der Waals surface area contributed by atoms with Crippen LogP contribution in [0.5, 0.6) is 0 Å². The van der Waals surface area contributed by atoms with Gasteiger partial charge < -0.3 is 5.11 Å². The van der Waals surface area contributed by atoms with Crippen molar-refractivity contribution in [1.82, 2.24) is 0 Å². The van der Waals surface area contributed by atoms with E-state index in [1.165, 1.54) is 51.0 Å². The molecule has 0 aliphatic heterocycles. The molecule has 3 heteroatoms. The van der Waals surface area contributed by atoms with Gasteiger partial charge in [-0.05, 0) is 37.5 Å². The van der Waals surface area contributed by atoms with E-state index in [1.54, 1.807) is 0 Å². The third-order valence-electron chi connectivity index (χ3n) is 4.51. The first-order chi connectivity index (χ1) is 10.3. The zero-order chi connectivity index (χ0) is 17.0. The summed E-state index contributed by atoms with van der Waals surface area (Å²) in [6, 6.07) is 0. The Morgan fingerprint density at radius 1 is 0.870 bits per heavy atom. The number of aliphatic carboxylic acids is 1. The largest absolute Gasteiger partial charge is 0.478 e. The molecule has 0 bridgehead atoms. The number of allylic oxidation sites excluding steroid dienone is 1. The van der Waals surface area contributed by atoms with Crippen molar-refractivity contribution in [3.63, 3.8) is 0 Å². The summed E-state index contributed by atoms with van der Waals surface area (Å²) < 4.78 is 0. The first-order valence-corrected chi connectivity index (χ1v) is 9.21. The second kappa shape index (κ2) is 16.1. The van der Waals surface area contributed by atoms with Crippen molar-refractivity contribution < 1.29 is 51.6 Å². The zero-order valence-electron chi connectivity index (χ0n) is 16.0. The number of hydrogen-bond acceptors (Lipinski definition) is 1. The minimum atomic E-state index is -0.822. The molecule has 0 spiro atoms. The molecule has 0 heterocycles. The number of carboxylic acid groups (broad SMARTS) is 1. The summed E-state index contributed by atoms with van der Waals surface area (Å²) in [6.07, 6.45) is 12.7. The summed E-state index contributed by atoms with van der Waals surface area (Å²) in [4.78, 5) is 10.5. The quantitative estimate of drug-likeness (QED) is 0.327. The Labute approximate surface area is 178 Å². The van der Waals surface area contributed by atoms with Gasteiger partial charge in [0.05, 0.1) is 0 Å². The average Bonchev–Trinajstić information content (AvgIpc) is 2.37. The molecule has 0 fully saturated rings. The standard InChI is InChI=1S/C20H38O2.Ce/c1-16(2)9-6-10-17(3)11-7-12-18(4)13-8-14-19(5)15-20(21)22;/h15-18H,6-14H2,1-5H3,(H,21,22);/b19-15+;/t17-,18-;/m1./s1. The van der Waals surface area contributed by atoms with Gasteiger partial charge in [-0.25, -0.2) is 4.79 Å². The molecule has 0 aliphatic rings. The Bertz CT molecular complexity index is 324. The van der Waals surface area contributed by atoms with Gasteiger partial charge in [-0.15, -0.1) is 0 Å². The van der Waals surface area contributed by atoms with E-state index in [-0.39, 0.29) is 41.7 Å². The van der Waals surface area contributed by atoms with Crippen LogP contribution in [0, 0.1) is 59.5 Å². The van der Waals surface area contributed by atoms with Crippen LogP contribution in [0.25, 0.3) is 0 Å². The SMILES string of the molecule is C/C(=C\C(=O)O)CCC[C@H](C)CCC[C@H](C)CCCC(C)C.[Ce]. The van der Waals surface area contributed by atoms with Gasteiger partial charge in [0.25, 0.3) is 0 Å². The zero-order valence-corrected chi connectivity index (χ0v) is 19.2. The van der Waals surface area contributed by atoms with E-state index in [9.17, 15) is 4.79 Å². The van der Waals surface area contributed by atoms with E-state index < -0.39 is 5.97 Å². The molecule has 2 atom stereocenters. The van der Waals surface area contributed by atoms with Crippen molar-refractivity contribution in [1.29, 1.82) is 0 Å². The van der Waals surface area contributed by atoms with Crippen LogP contribution >= 0.6 is 0 Å². The maximum Gasteiger partial charge on any atom is 0.328 e. The van der Waals surface area contributed by atoms with Crippen molar-refractivity contribution >= 4 is 5.97 Å². The first kappa shape index (κ1) is 25.8.